The third-order valence-electron chi connectivity index (χ3n) is 27.2. The first-order valence-electron chi connectivity index (χ1n) is 45.5. The Morgan fingerprint density at radius 2 is 0.341 bits per heavy atom. The predicted octanol–water partition coefficient (Wildman–Crippen LogP) is 37.1. The topological polar surface area (TPSA) is 26.3 Å². The standard InChI is InChI=1S/C46H30.2C42H26O/c1-2-13-31(14-3-1)32-25-27-34(28-26-32)45-39-20-8-10-22-41(39)46(42-23-11-9-21-40(42)45)44-30-36-17-5-4-16-35(36)29-43(44)38-24-12-18-33-15-6-7-19-37(33)38;1-2-15-31-27(11-1)12-10-21-32(31)28-13-9-14-29(25-28)41-34-17-3-5-19-36(34)42(37-20-6-4-18-35(37)41)30-23-24-40-38(26-30)33-16-7-8-22-39(33)43-40;1-2-12-31-27(10-1)11-9-18-32(31)28-20-22-29(23-21-28)41-34-14-3-5-16-36(34)42(37-17-6-4-15-35(37)41)30-24-25-40-38(26-30)33-13-7-8-19-39(33)43-40/h1-30H;2*1-26H. The van der Waals surface area contributed by atoms with E-state index in [9.17, 15) is 0 Å². The molecule has 2 heterocycles. The lowest BCUT2D eigenvalue weighted by molar-refractivity contribution is 0.668. The van der Waals surface area contributed by atoms with Crippen molar-refractivity contribution in [2.75, 3.05) is 0 Å². The second kappa shape index (κ2) is 32.5. The van der Waals surface area contributed by atoms with Crippen molar-refractivity contribution >= 4 is 152 Å². The van der Waals surface area contributed by atoms with Crippen LogP contribution < -0.4 is 0 Å². The van der Waals surface area contributed by atoms with Gasteiger partial charge in [-0.2, -0.15) is 0 Å². The van der Waals surface area contributed by atoms with Crippen LogP contribution in [-0.2, 0) is 0 Å². The van der Waals surface area contributed by atoms with Crippen molar-refractivity contribution in [3.05, 3.63) is 497 Å². The Morgan fingerprint density at radius 1 is 0.0985 bits per heavy atom. The summed E-state index contributed by atoms with van der Waals surface area (Å²) in [5, 5.41) is 29.8. The smallest absolute Gasteiger partial charge is 0.135 e. The van der Waals surface area contributed by atoms with Crippen molar-refractivity contribution in [2.24, 2.45) is 0 Å². The molecule has 2 nitrogen and oxygen atoms in total. The van der Waals surface area contributed by atoms with Gasteiger partial charge in [0, 0.05) is 21.5 Å². The van der Waals surface area contributed by atoms with Crippen molar-refractivity contribution in [1.82, 2.24) is 0 Å². The van der Waals surface area contributed by atoms with Gasteiger partial charge in [-0.1, -0.05) is 443 Å². The van der Waals surface area contributed by atoms with Gasteiger partial charge < -0.3 is 8.83 Å². The van der Waals surface area contributed by atoms with Crippen LogP contribution in [-0.4, -0.2) is 0 Å². The number of hydrogen-bond donors (Lipinski definition) is 0. The van der Waals surface area contributed by atoms with E-state index >= 15 is 0 Å². The van der Waals surface area contributed by atoms with Crippen molar-refractivity contribution in [2.45, 2.75) is 0 Å². The van der Waals surface area contributed by atoms with Gasteiger partial charge in [0.1, 0.15) is 22.3 Å². The van der Waals surface area contributed by atoms with Crippen LogP contribution in [0.3, 0.4) is 0 Å². The van der Waals surface area contributed by atoms with E-state index in [4.69, 9.17) is 8.83 Å². The predicted molar refractivity (Wildman–Crippen MR) is 563 cm³/mol. The van der Waals surface area contributed by atoms with Gasteiger partial charge in [-0.15, -0.1) is 0 Å². The van der Waals surface area contributed by atoms with Crippen LogP contribution in [0, 0.1) is 0 Å². The molecule has 2 aromatic heterocycles. The van der Waals surface area contributed by atoms with Gasteiger partial charge in [0.05, 0.1) is 0 Å². The number of hydrogen-bond acceptors (Lipinski definition) is 2. The van der Waals surface area contributed by atoms with Gasteiger partial charge in [0.25, 0.3) is 0 Å². The summed E-state index contributed by atoms with van der Waals surface area (Å²) in [5.41, 5.74) is 28.6. The fraction of sp³-hybridized carbons (Fsp3) is 0. The molecule has 25 aromatic carbocycles. The van der Waals surface area contributed by atoms with E-state index in [0.717, 1.165) is 43.9 Å². The minimum Gasteiger partial charge on any atom is -0.456 e. The molecule has 0 atom stereocenters. The highest BCUT2D eigenvalue weighted by atomic mass is 16.3. The summed E-state index contributed by atoms with van der Waals surface area (Å²) in [4.78, 5) is 0. The maximum absolute atomic E-state index is 6.17. The third-order valence-corrected chi connectivity index (χ3v) is 27.2. The molecule has 0 radical (unpaired) electrons. The highest BCUT2D eigenvalue weighted by molar-refractivity contribution is 6.27. The van der Waals surface area contributed by atoms with Crippen LogP contribution in [0.4, 0.5) is 0 Å². The lowest BCUT2D eigenvalue weighted by atomic mass is 9.82. The number of rotatable bonds is 10. The van der Waals surface area contributed by atoms with E-state index in [2.05, 4.69) is 473 Å². The zero-order chi connectivity index (χ0) is 87.1. The average Bonchev–Trinajstić information content (AvgIpc) is 0.880. The van der Waals surface area contributed by atoms with Gasteiger partial charge in [-0.05, 0) is 274 Å². The molecule has 0 saturated carbocycles. The largest absolute Gasteiger partial charge is 0.456 e. The summed E-state index contributed by atoms with van der Waals surface area (Å²) < 4.78 is 12.3. The van der Waals surface area contributed by atoms with Gasteiger partial charge >= 0.3 is 0 Å². The Bertz CT molecular complexity index is 9080. The molecule has 0 bridgehead atoms. The van der Waals surface area contributed by atoms with Crippen molar-refractivity contribution in [1.29, 1.82) is 0 Å². The molecule has 0 N–H and O–H groups in total. The molecular weight excluding hydrogens is 1590 g/mol. The van der Waals surface area contributed by atoms with Crippen molar-refractivity contribution < 1.29 is 8.83 Å². The van der Waals surface area contributed by atoms with Gasteiger partial charge in [-0.25, -0.2) is 0 Å². The first-order valence-corrected chi connectivity index (χ1v) is 45.5. The second-order valence-corrected chi connectivity index (χ2v) is 34.6. The Kier molecular flexibility index (Phi) is 19.0. The van der Waals surface area contributed by atoms with Gasteiger partial charge in [-0.3, -0.25) is 0 Å². The molecule has 0 aliphatic heterocycles. The molecule has 614 valence electrons. The molecule has 2 heteroatoms. The van der Waals surface area contributed by atoms with Gasteiger partial charge in [0.2, 0.25) is 0 Å². The average molecular weight is 1680 g/mol. The third kappa shape index (κ3) is 13.3. The Morgan fingerprint density at radius 3 is 0.750 bits per heavy atom. The molecule has 0 spiro atoms. The fourth-order valence-corrected chi connectivity index (χ4v) is 21.2. The zero-order valence-corrected chi connectivity index (χ0v) is 72.2. The summed E-state index contributed by atoms with van der Waals surface area (Å²) >= 11 is 0. The monoisotopic (exact) mass is 1670 g/mol. The molecule has 27 rings (SSSR count). The molecule has 0 aliphatic rings. The van der Waals surface area contributed by atoms with E-state index in [1.807, 2.05) is 24.3 Å². The number of para-hydroxylation sites is 2. The minimum absolute atomic E-state index is 0.917. The maximum Gasteiger partial charge on any atom is 0.135 e. The molecule has 0 unspecified atom stereocenters. The minimum atomic E-state index is 0.917. The van der Waals surface area contributed by atoms with E-state index in [1.165, 1.54) is 219 Å². The van der Waals surface area contributed by atoms with Crippen molar-refractivity contribution in [3.8, 4) is 111 Å². The molecule has 0 saturated heterocycles. The SMILES string of the molecule is c1cc(-c2cccc3ccccc23)cc(-c2c3ccccc3c(-c3ccc4oc5ccccc5c4c3)c3ccccc23)c1.c1ccc(-c2ccc(-c3c4ccccc4c(-c4cc5ccccc5cc4-c4cccc5ccccc45)c4ccccc34)cc2)cc1.c1ccc2c(-c3ccc(-c4c5ccccc5c(-c5ccc6oc7ccccc7c6c5)c5ccccc45)cc3)cccc2c1. The highest BCUT2D eigenvalue weighted by Gasteiger charge is 2.25. The highest BCUT2D eigenvalue weighted by Crippen LogP contribution is 2.52. The molecule has 0 amide bonds. The summed E-state index contributed by atoms with van der Waals surface area (Å²) in [5.74, 6) is 0. The molecule has 27 aromatic rings. The van der Waals surface area contributed by atoms with Crippen LogP contribution in [0.5, 0.6) is 0 Å². The Balaban J connectivity index is 0.000000106. The number of benzene rings is 25. The Labute approximate surface area is 763 Å². The number of fused-ring (bicyclic) bond motifs is 16. The van der Waals surface area contributed by atoms with Crippen molar-refractivity contribution in [3.63, 3.8) is 0 Å². The second-order valence-electron chi connectivity index (χ2n) is 34.6. The lowest BCUT2D eigenvalue weighted by Gasteiger charge is -2.21. The normalized spacial score (nSPS) is 11.6. The van der Waals surface area contributed by atoms with E-state index in [-0.39, 0.29) is 0 Å². The van der Waals surface area contributed by atoms with Crippen LogP contribution in [0.1, 0.15) is 0 Å². The van der Waals surface area contributed by atoms with Crippen LogP contribution >= 0.6 is 0 Å². The van der Waals surface area contributed by atoms with Crippen LogP contribution in [0.2, 0.25) is 0 Å². The van der Waals surface area contributed by atoms with E-state index in [0.29, 0.717) is 0 Å². The molecular formula is C130H82O2. The first-order chi connectivity index (χ1) is 65.5. The van der Waals surface area contributed by atoms with E-state index < -0.39 is 0 Å². The molecule has 0 fully saturated rings. The van der Waals surface area contributed by atoms with Crippen LogP contribution in [0.25, 0.3) is 263 Å². The molecule has 0 aliphatic carbocycles. The summed E-state index contributed by atoms with van der Waals surface area (Å²) in [6, 6.07) is 180. The summed E-state index contributed by atoms with van der Waals surface area (Å²) in [7, 11) is 0. The summed E-state index contributed by atoms with van der Waals surface area (Å²) in [6.45, 7) is 0. The Hall–Kier alpha value is -17.3. The van der Waals surface area contributed by atoms with Gasteiger partial charge in [0.15, 0.2) is 0 Å². The zero-order valence-electron chi connectivity index (χ0n) is 72.2. The molecule has 132 heavy (non-hydrogen) atoms. The van der Waals surface area contributed by atoms with Crippen LogP contribution in [0.15, 0.2) is 506 Å². The fourth-order valence-electron chi connectivity index (χ4n) is 21.2. The van der Waals surface area contributed by atoms with E-state index in [1.54, 1.807) is 0 Å². The lowest BCUT2D eigenvalue weighted by Crippen LogP contribution is -1.94. The maximum atomic E-state index is 6.17. The number of furan rings is 2. The quantitative estimate of drug-likeness (QED) is 0.128. The first kappa shape index (κ1) is 77.1. The summed E-state index contributed by atoms with van der Waals surface area (Å²) in [6.07, 6.45) is 0.